The molecule has 0 spiro atoms. The van der Waals surface area contributed by atoms with E-state index in [0.717, 1.165) is 6.92 Å². The van der Waals surface area contributed by atoms with Crippen LogP contribution in [0.4, 0.5) is 8.78 Å². The summed E-state index contributed by atoms with van der Waals surface area (Å²) in [5, 5.41) is 0. The van der Waals surface area contributed by atoms with E-state index in [-0.39, 0.29) is 18.3 Å². The third kappa shape index (κ3) is 4.17. The highest BCUT2D eigenvalue weighted by Crippen LogP contribution is 2.41. The monoisotopic (exact) mass is 306 g/mol. The topological polar surface area (TPSA) is 27.7 Å². The predicted octanol–water partition coefficient (Wildman–Crippen LogP) is 4.31. The summed E-state index contributed by atoms with van der Waals surface area (Å²) in [6.45, 7) is 14.2. The molecule has 0 aromatic heterocycles. The summed E-state index contributed by atoms with van der Waals surface area (Å²) in [6, 6.07) is 0. The molecule has 1 aliphatic heterocycles. The maximum atomic E-state index is 13.4. The van der Waals surface area contributed by atoms with Gasteiger partial charge in [0, 0.05) is 12.7 Å². The summed E-state index contributed by atoms with van der Waals surface area (Å²) in [5.41, 5.74) is -0.852. The van der Waals surface area contributed by atoms with E-state index in [4.69, 9.17) is 14.0 Å². The first-order valence-electron chi connectivity index (χ1n) is 7.70. The summed E-state index contributed by atoms with van der Waals surface area (Å²) in [7, 11) is -0.451. The molecule has 1 heterocycles. The van der Waals surface area contributed by atoms with Crippen molar-refractivity contribution in [2.24, 2.45) is 0 Å². The lowest BCUT2D eigenvalue weighted by Gasteiger charge is -2.32. The number of hydrogen-bond acceptors (Lipinski definition) is 3. The van der Waals surface area contributed by atoms with E-state index < -0.39 is 30.3 Å². The van der Waals surface area contributed by atoms with Gasteiger partial charge in [0.15, 0.2) is 0 Å². The normalized spacial score (nSPS) is 25.7. The third-order valence-corrected chi connectivity index (χ3v) is 4.76. The molecule has 3 atom stereocenters. The van der Waals surface area contributed by atoms with Gasteiger partial charge >= 0.3 is 7.12 Å². The summed E-state index contributed by atoms with van der Waals surface area (Å²) >= 11 is 0. The van der Waals surface area contributed by atoms with Gasteiger partial charge in [0.1, 0.15) is 6.10 Å². The minimum Gasteiger partial charge on any atom is -0.403 e. The summed E-state index contributed by atoms with van der Waals surface area (Å²) in [4.78, 5) is 0. The number of alkyl halides is 2. The van der Waals surface area contributed by atoms with Crippen molar-refractivity contribution in [3.05, 3.63) is 0 Å². The highest BCUT2D eigenvalue weighted by Gasteiger charge is 2.54. The third-order valence-electron chi connectivity index (χ3n) is 4.76. The molecule has 21 heavy (non-hydrogen) atoms. The second kappa shape index (κ2) is 6.13. The Morgan fingerprint density at radius 2 is 1.52 bits per heavy atom. The average Bonchev–Trinajstić information content (AvgIpc) is 2.52. The van der Waals surface area contributed by atoms with E-state index >= 15 is 0 Å². The maximum Gasteiger partial charge on any atom is 0.463 e. The van der Waals surface area contributed by atoms with Crippen LogP contribution in [0.25, 0.3) is 0 Å². The fourth-order valence-corrected chi connectivity index (χ4v) is 2.28. The van der Waals surface area contributed by atoms with Gasteiger partial charge in [-0.05, 0) is 41.0 Å². The zero-order valence-corrected chi connectivity index (χ0v) is 14.5. The van der Waals surface area contributed by atoms with Crippen molar-refractivity contribution in [3.8, 4) is 0 Å². The van der Waals surface area contributed by atoms with Crippen LogP contribution in [-0.4, -0.2) is 36.5 Å². The van der Waals surface area contributed by atoms with Gasteiger partial charge in [-0.1, -0.05) is 13.8 Å². The molecule has 2 unspecified atom stereocenters. The highest BCUT2D eigenvalue weighted by molar-refractivity contribution is 6.47. The molecular formula is C15H29BF2O3. The molecule has 3 nitrogen and oxygen atoms in total. The molecule has 0 N–H and O–H groups in total. The van der Waals surface area contributed by atoms with E-state index in [1.54, 1.807) is 13.8 Å². The number of rotatable bonds is 6. The molecule has 0 aromatic rings. The van der Waals surface area contributed by atoms with Crippen LogP contribution < -0.4 is 0 Å². The molecular weight excluding hydrogens is 277 g/mol. The Morgan fingerprint density at radius 1 is 1.10 bits per heavy atom. The number of hydrogen-bond donors (Lipinski definition) is 0. The lowest BCUT2D eigenvalue weighted by atomic mass is 9.70. The van der Waals surface area contributed by atoms with Crippen molar-refractivity contribution in [3.63, 3.8) is 0 Å². The Bertz CT molecular complexity index is 339. The molecule has 1 saturated heterocycles. The first-order valence-corrected chi connectivity index (χ1v) is 7.70. The van der Waals surface area contributed by atoms with Gasteiger partial charge < -0.3 is 14.0 Å². The lowest BCUT2D eigenvalue weighted by molar-refractivity contribution is -0.148. The zero-order valence-electron chi connectivity index (χ0n) is 14.5. The van der Waals surface area contributed by atoms with Crippen molar-refractivity contribution in [1.29, 1.82) is 0 Å². The van der Waals surface area contributed by atoms with Crippen LogP contribution in [-0.2, 0) is 14.0 Å². The van der Waals surface area contributed by atoms with Crippen LogP contribution in [0.15, 0.2) is 0 Å². The van der Waals surface area contributed by atoms with Gasteiger partial charge in [0.25, 0.3) is 5.92 Å². The second-order valence-electron chi connectivity index (χ2n) is 7.18. The Kier molecular flexibility index (Phi) is 5.50. The van der Waals surface area contributed by atoms with Crippen molar-refractivity contribution in [2.45, 2.75) is 97.0 Å². The summed E-state index contributed by atoms with van der Waals surface area (Å²) in [5.74, 6) is -2.99. The second-order valence-corrected chi connectivity index (χ2v) is 7.18. The van der Waals surface area contributed by atoms with E-state index in [0.29, 0.717) is 0 Å². The van der Waals surface area contributed by atoms with Crippen molar-refractivity contribution in [2.75, 3.05) is 0 Å². The molecule has 1 fully saturated rings. The van der Waals surface area contributed by atoms with Crippen molar-refractivity contribution >= 4 is 7.12 Å². The van der Waals surface area contributed by atoms with Crippen LogP contribution in [0.1, 0.15) is 61.8 Å². The van der Waals surface area contributed by atoms with Crippen LogP contribution in [0.3, 0.4) is 0 Å². The standard InChI is InChI=1S/C15H29BF2O3/c1-9-12(15(8,17)18)19-11(3)10(2)16-20-13(4,5)14(6,7)21-16/h10-12H,9H2,1-8H3/t10-,11?,12?/m0/s1. The maximum absolute atomic E-state index is 13.4. The minimum atomic E-state index is -2.85. The fourth-order valence-electron chi connectivity index (χ4n) is 2.28. The van der Waals surface area contributed by atoms with Gasteiger partial charge in [-0.25, -0.2) is 8.78 Å². The van der Waals surface area contributed by atoms with Gasteiger partial charge in [-0.3, -0.25) is 0 Å². The Morgan fingerprint density at radius 3 is 1.86 bits per heavy atom. The number of halogens is 2. The van der Waals surface area contributed by atoms with E-state index in [1.807, 2.05) is 34.6 Å². The first kappa shape index (κ1) is 18.9. The molecule has 0 radical (unpaired) electrons. The van der Waals surface area contributed by atoms with Crippen LogP contribution in [0, 0.1) is 0 Å². The van der Waals surface area contributed by atoms with Gasteiger partial charge in [-0.2, -0.15) is 0 Å². The van der Waals surface area contributed by atoms with Crippen LogP contribution in [0.2, 0.25) is 5.82 Å². The molecule has 6 heteroatoms. The molecule has 0 aromatic carbocycles. The average molecular weight is 306 g/mol. The molecule has 1 rings (SSSR count). The van der Waals surface area contributed by atoms with Crippen LogP contribution in [0.5, 0.6) is 0 Å². The first-order chi connectivity index (χ1) is 9.32. The zero-order chi connectivity index (χ0) is 16.6. The smallest absolute Gasteiger partial charge is 0.403 e. The highest BCUT2D eigenvalue weighted by atomic mass is 19.3. The summed E-state index contributed by atoms with van der Waals surface area (Å²) < 4.78 is 44.4. The number of ether oxygens (including phenoxy) is 1. The van der Waals surface area contributed by atoms with Crippen LogP contribution >= 0.6 is 0 Å². The Hall–Kier alpha value is -0.195. The quantitative estimate of drug-likeness (QED) is 0.684. The molecule has 0 aliphatic carbocycles. The van der Waals surface area contributed by atoms with E-state index in [9.17, 15) is 8.78 Å². The largest absolute Gasteiger partial charge is 0.463 e. The SMILES string of the molecule is CCC(OC(C)[C@H](C)B1OC(C)(C)C(C)(C)O1)C(C)(F)F. The predicted molar refractivity (Wildman–Crippen MR) is 80.8 cm³/mol. The molecule has 0 saturated carbocycles. The van der Waals surface area contributed by atoms with Gasteiger partial charge in [0.05, 0.1) is 17.3 Å². The molecule has 0 amide bonds. The van der Waals surface area contributed by atoms with E-state index in [1.165, 1.54) is 0 Å². The minimum absolute atomic E-state index is 0.137. The Balaban J connectivity index is 2.70. The van der Waals surface area contributed by atoms with Crippen molar-refractivity contribution in [1.82, 2.24) is 0 Å². The molecule has 1 aliphatic rings. The lowest BCUT2D eigenvalue weighted by Crippen LogP contribution is -2.41. The van der Waals surface area contributed by atoms with Gasteiger partial charge in [-0.15, -0.1) is 0 Å². The van der Waals surface area contributed by atoms with Gasteiger partial charge in [0.2, 0.25) is 0 Å². The Labute approximate surface area is 127 Å². The molecule has 124 valence electrons. The fraction of sp³-hybridized carbons (Fsp3) is 1.00. The van der Waals surface area contributed by atoms with Crippen molar-refractivity contribution < 1.29 is 22.8 Å². The van der Waals surface area contributed by atoms with E-state index in [2.05, 4.69) is 0 Å². The molecule has 0 bridgehead atoms. The summed E-state index contributed by atoms with van der Waals surface area (Å²) in [6.07, 6.45) is -1.20.